The third kappa shape index (κ3) is 3.16. The lowest BCUT2D eigenvalue weighted by Crippen LogP contribution is -2.41. The molecular formula is C13H23ClN2O2. The van der Waals surface area contributed by atoms with Gasteiger partial charge in [-0.25, -0.2) is 0 Å². The van der Waals surface area contributed by atoms with Gasteiger partial charge in [0.1, 0.15) is 0 Å². The van der Waals surface area contributed by atoms with Crippen LogP contribution in [0.1, 0.15) is 38.5 Å². The van der Waals surface area contributed by atoms with E-state index in [1.165, 1.54) is 12.8 Å². The van der Waals surface area contributed by atoms with E-state index in [-0.39, 0.29) is 18.3 Å². The van der Waals surface area contributed by atoms with Crippen LogP contribution in [0.4, 0.5) is 0 Å². The summed E-state index contributed by atoms with van der Waals surface area (Å²) in [5.74, 6) is 0.926. The molecule has 1 amide bonds. The quantitative estimate of drug-likeness (QED) is 0.811. The lowest BCUT2D eigenvalue weighted by atomic mass is 9.95. The normalized spacial score (nSPS) is 37.6. The minimum atomic E-state index is 0. The number of rotatable bonds is 4. The SMILES string of the molecule is Cl.O=C(CCC1CCNC1)NC1CC2CCC1O2. The topological polar surface area (TPSA) is 50.4 Å². The van der Waals surface area contributed by atoms with Crippen LogP contribution in [0.15, 0.2) is 0 Å². The van der Waals surface area contributed by atoms with E-state index in [4.69, 9.17) is 4.74 Å². The standard InChI is InChI=1S/C13H22N2O2.ClH/c16-13(4-1-9-5-6-14-8-9)15-11-7-10-2-3-12(11)17-10;/h9-12,14H,1-8H2,(H,15,16);1H. The molecule has 2 N–H and O–H groups in total. The van der Waals surface area contributed by atoms with Gasteiger partial charge in [-0.15, -0.1) is 12.4 Å². The molecule has 0 radical (unpaired) electrons. The van der Waals surface area contributed by atoms with Crippen LogP contribution >= 0.6 is 12.4 Å². The van der Waals surface area contributed by atoms with Gasteiger partial charge in [0, 0.05) is 6.42 Å². The highest BCUT2D eigenvalue weighted by Crippen LogP contribution is 2.34. The van der Waals surface area contributed by atoms with E-state index in [2.05, 4.69) is 10.6 Å². The van der Waals surface area contributed by atoms with E-state index in [1.807, 2.05) is 0 Å². The number of carbonyl (C=O) groups is 1. The van der Waals surface area contributed by atoms with Crippen LogP contribution in [-0.2, 0) is 9.53 Å². The predicted molar refractivity (Wildman–Crippen MR) is 71.9 cm³/mol. The summed E-state index contributed by atoms with van der Waals surface area (Å²) >= 11 is 0. The van der Waals surface area contributed by atoms with Crippen molar-refractivity contribution >= 4 is 18.3 Å². The average Bonchev–Trinajstić information content (AvgIpc) is 3.03. The van der Waals surface area contributed by atoms with Crippen molar-refractivity contribution in [1.82, 2.24) is 10.6 Å². The van der Waals surface area contributed by atoms with Gasteiger partial charge in [-0.05, 0) is 51.1 Å². The highest BCUT2D eigenvalue weighted by molar-refractivity contribution is 5.85. The third-order valence-electron chi connectivity index (χ3n) is 4.39. The first kappa shape index (κ1) is 14.1. The first-order valence-corrected chi connectivity index (χ1v) is 6.97. The smallest absolute Gasteiger partial charge is 0.220 e. The van der Waals surface area contributed by atoms with Crippen LogP contribution in [-0.4, -0.2) is 37.2 Å². The molecule has 0 spiro atoms. The summed E-state index contributed by atoms with van der Waals surface area (Å²) in [5.41, 5.74) is 0. The summed E-state index contributed by atoms with van der Waals surface area (Å²) in [5, 5.41) is 6.49. The Kier molecular flexibility index (Phi) is 4.87. The number of hydrogen-bond acceptors (Lipinski definition) is 3. The zero-order valence-corrected chi connectivity index (χ0v) is 11.5. The summed E-state index contributed by atoms with van der Waals surface area (Å²) in [7, 11) is 0. The molecule has 18 heavy (non-hydrogen) atoms. The Bertz CT molecular complexity index is 295. The third-order valence-corrected chi connectivity index (χ3v) is 4.39. The fourth-order valence-corrected chi connectivity index (χ4v) is 3.36. The summed E-state index contributed by atoms with van der Waals surface area (Å²) in [6, 6.07) is 0.294. The highest BCUT2D eigenvalue weighted by atomic mass is 35.5. The van der Waals surface area contributed by atoms with Crippen molar-refractivity contribution in [3.8, 4) is 0 Å². The first-order valence-electron chi connectivity index (χ1n) is 6.97. The lowest BCUT2D eigenvalue weighted by Gasteiger charge is -2.20. The molecule has 0 aromatic carbocycles. The van der Waals surface area contributed by atoms with Crippen molar-refractivity contribution in [2.45, 2.75) is 56.8 Å². The van der Waals surface area contributed by atoms with Crippen LogP contribution in [0, 0.1) is 5.92 Å². The average molecular weight is 275 g/mol. The minimum absolute atomic E-state index is 0. The van der Waals surface area contributed by atoms with Gasteiger partial charge in [0.25, 0.3) is 0 Å². The van der Waals surface area contributed by atoms with Crippen LogP contribution in [0.2, 0.25) is 0 Å². The molecule has 0 aromatic rings. The van der Waals surface area contributed by atoms with Crippen molar-refractivity contribution < 1.29 is 9.53 Å². The van der Waals surface area contributed by atoms with Crippen molar-refractivity contribution in [3.63, 3.8) is 0 Å². The second-order valence-corrected chi connectivity index (χ2v) is 5.68. The fraction of sp³-hybridized carbons (Fsp3) is 0.923. The molecule has 3 rings (SSSR count). The van der Waals surface area contributed by atoms with Gasteiger partial charge < -0.3 is 15.4 Å². The maximum atomic E-state index is 11.8. The molecule has 4 atom stereocenters. The maximum Gasteiger partial charge on any atom is 0.220 e. The number of halogens is 1. The van der Waals surface area contributed by atoms with Crippen molar-refractivity contribution in [1.29, 1.82) is 0 Å². The molecule has 3 aliphatic heterocycles. The number of carbonyl (C=O) groups excluding carboxylic acids is 1. The minimum Gasteiger partial charge on any atom is -0.373 e. The highest BCUT2D eigenvalue weighted by Gasteiger charge is 2.41. The molecule has 3 heterocycles. The van der Waals surface area contributed by atoms with E-state index < -0.39 is 0 Å². The van der Waals surface area contributed by atoms with Gasteiger partial charge in [-0.3, -0.25) is 4.79 Å². The van der Waals surface area contributed by atoms with Gasteiger partial charge >= 0.3 is 0 Å². The second kappa shape index (κ2) is 6.22. The molecule has 3 fully saturated rings. The monoisotopic (exact) mass is 274 g/mol. The van der Waals surface area contributed by atoms with Crippen LogP contribution in [0.5, 0.6) is 0 Å². The summed E-state index contributed by atoms with van der Waals surface area (Å²) in [4.78, 5) is 11.8. The van der Waals surface area contributed by atoms with Crippen LogP contribution < -0.4 is 10.6 Å². The predicted octanol–water partition coefficient (Wildman–Crippen LogP) is 1.23. The molecule has 4 unspecified atom stereocenters. The summed E-state index contributed by atoms with van der Waals surface area (Å²) in [6.07, 6.45) is 7.00. The number of hydrogen-bond donors (Lipinski definition) is 2. The molecule has 0 aromatic heterocycles. The molecule has 0 aliphatic carbocycles. The van der Waals surface area contributed by atoms with Gasteiger partial charge in [-0.1, -0.05) is 0 Å². The molecular weight excluding hydrogens is 252 g/mol. The fourth-order valence-electron chi connectivity index (χ4n) is 3.36. The summed E-state index contributed by atoms with van der Waals surface area (Å²) < 4.78 is 5.74. The van der Waals surface area contributed by atoms with Crippen molar-refractivity contribution in [2.75, 3.05) is 13.1 Å². The Hall–Kier alpha value is -0.320. The molecule has 0 saturated carbocycles. The Morgan fingerprint density at radius 3 is 2.83 bits per heavy atom. The van der Waals surface area contributed by atoms with E-state index in [9.17, 15) is 4.79 Å². The molecule has 4 nitrogen and oxygen atoms in total. The van der Waals surface area contributed by atoms with Gasteiger partial charge in [-0.2, -0.15) is 0 Å². The summed E-state index contributed by atoms with van der Waals surface area (Å²) in [6.45, 7) is 2.21. The van der Waals surface area contributed by atoms with E-state index in [0.29, 0.717) is 30.6 Å². The Balaban J connectivity index is 0.00000120. The van der Waals surface area contributed by atoms with E-state index in [0.717, 1.165) is 32.4 Å². The first-order chi connectivity index (χ1) is 8.31. The number of nitrogens with one attached hydrogen (secondary N) is 2. The zero-order valence-electron chi connectivity index (χ0n) is 10.7. The maximum absolute atomic E-state index is 11.8. The number of fused-ring (bicyclic) bond motifs is 2. The van der Waals surface area contributed by atoms with Crippen molar-refractivity contribution in [2.24, 2.45) is 5.92 Å². The Morgan fingerprint density at radius 2 is 2.22 bits per heavy atom. The van der Waals surface area contributed by atoms with Crippen molar-refractivity contribution in [3.05, 3.63) is 0 Å². The second-order valence-electron chi connectivity index (χ2n) is 5.68. The molecule has 3 aliphatic rings. The number of ether oxygens (including phenoxy) is 1. The molecule has 3 saturated heterocycles. The zero-order chi connectivity index (χ0) is 11.7. The molecule has 5 heteroatoms. The molecule has 2 bridgehead atoms. The Labute approximate surface area is 115 Å². The molecule has 104 valence electrons. The van der Waals surface area contributed by atoms with Gasteiger partial charge in [0.2, 0.25) is 5.91 Å². The van der Waals surface area contributed by atoms with E-state index >= 15 is 0 Å². The van der Waals surface area contributed by atoms with Gasteiger partial charge in [0.05, 0.1) is 18.2 Å². The van der Waals surface area contributed by atoms with Crippen LogP contribution in [0.25, 0.3) is 0 Å². The van der Waals surface area contributed by atoms with Crippen LogP contribution in [0.3, 0.4) is 0 Å². The van der Waals surface area contributed by atoms with E-state index in [1.54, 1.807) is 0 Å². The largest absolute Gasteiger partial charge is 0.373 e. The lowest BCUT2D eigenvalue weighted by molar-refractivity contribution is -0.122. The Morgan fingerprint density at radius 1 is 1.33 bits per heavy atom. The number of amides is 1. The van der Waals surface area contributed by atoms with Gasteiger partial charge in [0.15, 0.2) is 0 Å².